The molecule has 1 aliphatic carbocycles. The maximum Gasteiger partial charge on any atom is 0.303 e. The molecule has 4 heteroatoms. The number of rotatable bonds is 5. The van der Waals surface area contributed by atoms with Crippen LogP contribution in [0.1, 0.15) is 44.1 Å². The van der Waals surface area contributed by atoms with Crippen molar-refractivity contribution in [1.82, 2.24) is 4.98 Å². The van der Waals surface area contributed by atoms with E-state index in [2.05, 4.69) is 10.3 Å². The van der Waals surface area contributed by atoms with E-state index in [1.165, 1.54) is 6.42 Å². The van der Waals surface area contributed by atoms with Gasteiger partial charge in [-0.1, -0.05) is 19.3 Å². The Hall–Kier alpha value is -1.58. The topological polar surface area (TPSA) is 62.2 Å². The van der Waals surface area contributed by atoms with Crippen LogP contribution in [0, 0.1) is 12.3 Å². The lowest BCUT2D eigenvalue weighted by atomic mass is 9.71. The van der Waals surface area contributed by atoms with Crippen molar-refractivity contribution >= 4 is 11.7 Å². The number of nitrogens with one attached hydrogen (secondary N) is 1. The van der Waals surface area contributed by atoms with E-state index in [4.69, 9.17) is 5.11 Å². The summed E-state index contributed by atoms with van der Waals surface area (Å²) < 4.78 is 0. The molecule has 0 radical (unpaired) electrons. The Labute approximate surface area is 114 Å². The molecule has 1 fully saturated rings. The summed E-state index contributed by atoms with van der Waals surface area (Å²) in [6.45, 7) is 2.75. The van der Waals surface area contributed by atoms with E-state index in [9.17, 15) is 4.79 Å². The Bertz CT molecular complexity index is 440. The van der Waals surface area contributed by atoms with Gasteiger partial charge < -0.3 is 10.4 Å². The molecule has 0 spiro atoms. The van der Waals surface area contributed by atoms with E-state index in [-0.39, 0.29) is 11.8 Å². The van der Waals surface area contributed by atoms with Crippen LogP contribution in [0.25, 0.3) is 0 Å². The molecule has 1 aliphatic rings. The summed E-state index contributed by atoms with van der Waals surface area (Å²) in [5.41, 5.74) is 2.08. The van der Waals surface area contributed by atoms with Crippen LogP contribution in [-0.4, -0.2) is 22.6 Å². The zero-order valence-corrected chi connectivity index (χ0v) is 11.5. The minimum Gasteiger partial charge on any atom is -0.481 e. The molecule has 0 saturated heterocycles. The van der Waals surface area contributed by atoms with E-state index in [1.807, 2.05) is 19.2 Å². The van der Waals surface area contributed by atoms with Gasteiger partial charge in [0.25, 0.3) is 0 Å². The number of carboxylic acids is 1. The average Bonchev–Trinajstić information content (AvgIpc) is 2.38. The van der Waals surface area contributed by atoms with Gasteiger partial charge in [0.05, 0.1) is 6.42 Å². The molecule has 2 rings (SSSR count). The largest absolute Gasteiger partial charge is 0.481 e. The Kier molecular flexibility index (Phi) is 4.40. The number of aromatic nitrogens is 1. The molecule has 0 atom stereocenters. The van der Waals surface area contributed by atoms with Crippen molar-refractivity contribution < 1.29 is 9.90 Å². The maximum atomic E-state index is 11.1. The summed E-state index contributed by atoms with van der Waals surface area (Å²) in [5.74, 6) is -0.685. The number of anilines is 1. The van der Waals surface area contributed by atoms with Gasteiger partial charge in [-0.25, -0.2) is 0 Å². The van der Waals surface area contributed by atoms with Crippen molar-refractivity contribution in [2.45, 2.75) is 45.4 Å². The van der Waals surface area contributed by atoms with E-state index in [1.54, 1.807) is 6.20 Å². The number of nitrogens with zero attached hydrogens (tertiary/aromatic N) is 1. The molecular formula is C15H22N2O2. The van der Waals surface area contributed by atoms with Crippen molar-refractivity contribution in [3.05, 3.63) is 24.0 Å². The highest BCUT2D eigenvalue weighted by molar-refractivity contribution is 5.68. The fourth-order valence-corrected chi connectivity index (χ4v) is 2.99. The molecule has 0 unspecified atom stereocenters. The quantitative estimate of drug-likeness (QED) is 0.855. The van der Waals surface area contributed by atoms with Gasteiger partial charge in [-0.05, 0) is 36.8 Å². The lowest BCUT2D eigenvalue weighted by Gasteiger charge is -2.36. The Morgan fingerprint density at radius 2 is 2.16 bits per heavy atom. The second-order valence-corrected chi connectivity index (χ2v) is 5.68. The number of aryl methyl sites for hydroxylation is 1. The van der Waals surface area contributed by atoms with Crippen LogP contribution in [0.3, 0.4) is 0 Å². The first-order valence-electron chi connectivity index (χ1n) is 6.98. The number of hydrogen-bond acceptors (Lipinski definition) is 3. The van der Waals surface area contributed by atoms with Crippen LogP contribution in [0.15, 0.2) is 18.5 Å². The maximum absolute atomic E-state index is 11.1. The van der Waals surface area contributed by atoms with Crippen LogP contribution in [-0.2, 0) is 4.79 Å². The normalized spacial score (nSPS) is 17.9. The summed E-state index contributed by atoms with van der Waals surface area (Å²) in [5, 5.41) is 12.6. The SMILES string of the molecule is Cc1cnccc1NCC1(CC(=O)O)CCCCC1. The van der Waals surface area contributed by atoms with E-state index in [0.29, 0.717) is 0 Å². The first-order valence-corrected chi connectivity index (χ1v) is 6.98. The minimum absolute atomic E-state index is 0.0835. The van der Waals surface area contributed by atoms with Gasteiger partial charge >= 0.3 is 5.97 Å². The molecule has 1 saturated carbocycles. The summed E-state index contributed by atoms with van der Waals surface area (Å²) in [7, 11) is 0. The molecule has 104 valence electrons. The molecular weight excluding hydrogens is 240 g/mol. The fraction of sp³-hybridized carbons (Fsp3) is 0.600. The van der Waals surface area contributed by atoms with Crippen LogP contribution >= 0.6 is 0 Å². The Morgan fingerprint density at radius 3 is 2.79 bits per heavy atom. The molecule has 0 aliphatic heterocycles. The van der Waals surface area contributed by atoms with Crippen molar-refractivity contribution in [3.8, 4) is 0 Å². The van der Waals surface area contributed by atoms with Gasteiger partial charge in [-0.2, -0.15) is 0 Å². The Morgan fingerprint density at radius 1 is 1.42 bits per heavy atom. The monoisotopic (exact) mass is 262 g/mol. The van der Waals surface area contributed by atoms with Crippen molar-refractivity contribution in [3.63, 3.8) is 0 Å². The lowest BCUT2D eigenvalue weighted by molar-refractivity contribution is -0.140. The van der Waals surface area contributed by atoms with Crippen molar-refractivity contribution in [1.29, 1.82) is 0 Å². The highest BCUT2D eigenvalue weighted by Gasteiger charge is 2.34. The van der Waals surface area contributed by atoms with Gasteiger partial charge in [0.2, 0.25) is 0 Å². The van der Waals surface area contributed by atoms with Gasteiger partial charge in [0.15, 0.2) is 0 Å². The van der Waals surface area contributed by atoms with Crippen molar-refractivity contribution in [2.75, 3.05) is 11.9 Å². The lowest BCUT2D eigenvalue weighted by Crippen LogP contribution is -2.34. The molecule has 1 aromatic rings. The van der Waals surface area contributed by atoms with Crippen LogP contribution in [0.4, 0.5) is 5.69 Å². The summed E-state index contributed by atoms with van der Waals surface area (Å²) in [6.07, 6.45) is 9.40. The van der Waals surface area contributed by atoms with Gasteiger partial charge in [-0.15, -0.1) is 0 Å². The molecule has 1 heterocycles. The van der Waals surface area contributed by atoms with Crippen LogP contribution < -0.4 is 5.32 Å². The number of carboxylic acid groups (broad SMARTS) is 1. The third kappa shape index (κ3) is 3.69. The first-order chi connectivity index (χ1) is 9.11. The second-order valence-electron chi connectivity index (χ2n) is 5.68. The molecule has 0 amide bonds. The van der Waals surface area contributed by atoms with Gasteiger partial charge in [0, 0.05) is 24.6 Å². The highest BCUT2D eigenvalue weighted by Crippen LogP contribution is 2.39. The third-order valence-electron chi connectivity index (χ3n) is 4.11. The summed E-state index contributed by atoms with van der Waals surface area (Å²) in [6, 6.07) is 1.95. The molecule has 0 bridgehead atoms. The van der Waals surface area contributed by atoms with E-state index < -0.39 is 5.97 Å². The number of carbonyl (C=O) groups is 1. The summed E-state index contributed by atoms with van der Waals surface area (Å²) in [4.78, 5) is 15.2. The van der Waals surface area contributed by atoms with Crippen molar-refractivity contribution in [2.24, 2.45) is 5.41 Å². The average molecular weight is 262 g/mol. The molecule has 1 aromatic heterocycles. The highest BCUT2D eigenvalue weighted by atomic mass is 16.4. The number of aliphatic carboxylic acids is 1. The van der Waals surface area contributed by atoms with Crippen LogP contribution in [0.5, 0.6) is 0 Å². The second kappa shape index (κ2) is 6.04. The predicted octanol–water partition coefficient (Wildman–Crippen LogP) is 3.23. The van der Waals surface area contributed by atoms with E-state index >= 15 is 0 Å². The molecule has 4 nitrogen and oxygen atoms in total. The summed E-state index contributed by atoms with van der Waals surface area (Å²) >= 11 is 0. The molecule has 2 N–H and O–H groups in total. The number of pyridine rings is 1. The van der Waals surface area contributed by atoms with E-state index in [0.717, 1.165) is 43.5 Å². The molecule has 19 heavy (non-hydrogen) atoms. The zero-order chi connectivity index (χ0) is 13.7. The van der Waals surface area contributed by atoms with Crippen LogP contribution in [0.2, 0.25) is 0 Å². The third-order valence-corrected chi connectivity index (χ3v) is 4.11. The molecule has 0 aromatic carbocycles. The minimum atomic E-state index is -0.685. The predicted molar refractivity (Wildman–Crippen MR) is 75.2 cm³/mol. The smallest absolute Gasteiger partial charge is 0.303 e. The van der Waals surface area contributed by atoms with Gasteiger partial charge in [0.1, 0.15) is 0 Å². The zero-order valence-electron chi connectivity index (χ0n) is 11.5. The standard InChI is InChI=1S/C15H22N2O2/c1-12-10-16-8-5-13(12)17-11-15(9-14(18)19)6-3-2-4-7-15/h5,8,10H,2-4,6-7,9,11H2,1H3,(H,16,17)(H,18,19). The fourth-order valence-electron chi connectivity index (χ4n) is 2.99. The van der Waals surface area contributed by atoms with Gasteiger partial charge in [-0.3, -0.25) is 9.78 Å². The Balaban J connectivity index is 2.04. The first kappa shape index (κ1) is 13.8. The number of hydrogen-bond donors (Lipinski definition) is 2.